The third-order valence-electron chi connectivity index (χ3n) is 2.69. The highest BCUT2D eigenvalue weighted by molar-refractivity contribution is 4.69. The minimum atomic E-state index is -0.278. The molecule has 1 atom stereocenters. The molecule has 1 aliphatic rings. The van der Waals surface area contributed by atoms with Gasteiger partial charge in [-0.25, -0.2) is 0 Å². The Kier molecular flexibility index (Phi) is 6.91. The third kappa shape index (κ3) is 6.40. The standard InChI is InChI=1S/C11H25N3O2/c1-13(2)4-3-12-9-11(15)10-14-5-7-16-8-6-14/h11-12,15H,3-10H2,1-2H3. The Morgan fingerprint density at radius 1 is 1.38 bits per heavy atom. The predicted molar refractivity (Wildman–Crippen MR) is 64.7 cm³/mol. The third-order valence-corrected chi connectivity index (χ3v) is 2.69. The number of rotatable bonds is 7. The number of aliphatic hydroxyl groups is 1. The van der Waals surface area contributed by atoms with Gasteiger partial charge >= 0.3 is 0 Å². The van der Waals surface area contributed by atoms with Crippen molar-refractivity contribution in [1.29, 1.82) is 0 Å². The monoisotopic (exact) mass is 231 g/mol. The summed E-state index contributed by atoms with van der Waals surface area (Å²) in [6.45, 7) is 6.81. The Balaban J connectivity index is 1.99. The summed E-state index contributed by atoms with van der Waals surface area (Å²) in [5.41, 5.74) is 0. The molecule has 1 rings (SSSR count). The number of hydrogen-bond donors (Lipinski definition) is 2. The van der Waals surface area contributed by atoms with E-state index in [-0.39, 0.29) is 6.10 Å². The summed E-state index contributed by atoms with van der Waals surface area (Å²) in [5, 5.41) is 13.1. The molecule has 1 heterocycles. The van der Waals surface area contributed by atoms with Crippen molar-refractivity contribution in [3.05, 3.63) is 0 Å². The number of nitrogens with one attached hydrogen (secondary N) is 1. The quantitative estimate of drug-likeness (QED) is 0.541. The number of β-amino-alcohol motifs (C(OH)–C–C–N with tert-alkyl or cyclic N) is 1. The number of ether oxygens (including phenoxy) is 1. The van der Waals surface area contributed by atoms with Crippen LogP contribution in [0, 0.1) is 0 Å². The first-order chi connectivity index (χ1) is 7.68. The second-order valence-corrected chi connectivity index (χ2v) is 4.57. The summed E-state index contributed by atoms with van der Waals surface area (Å²) >= 11 is 0. The first-order valence-corrected chi connectivity index (χ1v) is 6.02. The van der Waals surface area contributed by atoms with Gasteiger partial charge in [0, 0.05) is 39.3 Å². The Morgan fingerprint density at radius 3 is 2.69 bits per heavy atom. The lowest BCUT2D eigenvalue weighted by atomic mass is 10.3. The molecule has 0 amide bonds. The van der Waals surface area contributed by atoms with Crippen molar-refractivity contribution in [2.75, 3.05) is 66.6 Å². The second kappa shape index (κ2) is 7.97. The molecule has 2 N–H and O–H groups in total. The van der Waals surface area contributed by atoms with E-state index in [1.807, 2.05) is 14.1 Å². The van der Waals surface area contributed by atoms with Gasteiger partial charge in [-0.2, -0.15) is 0 Å². The fourth-order valence-corrected chi connectivity index (χ4v) is 1.72. The summed E-state index contributed by atoms with van der Waals surface area (Å²) in [7, 11) is 4.09. The SMILES string of the molecule is CN(C)CCNCC(O)CN1CCOCC1. The van der Waals surface area contributed by atoms with Crippen LogP contribution >= 0.6 is 0 Å². The predicted octanol–water partition coefficient (Wildman–Crippen LogP) is -1.17. The molecule has 0 spiro atoms. The molecule has 0 bridgehead atoms. The summed E-state index contributed by atoms with van der Waals surface area (Å²) < 4.78 is 5.26. The zero-order chi connectivity index (χ0) is 11.8. The van der Waals surface area contributed by atoms with E-state index in [4.69, 9.17) is 4.74 Å². The van der Waals surface area contributed by atoms with E-state index < -0.39 is 0 Å². The molecule has 0 aromatic rings. The van der Waals surface area contributed by atoms with Crippen molar-refractivity contribution in [3.8, 4) is 0 Å². The van der Waals surface area contributed by atoms with Crippen LogP contribution in [-0.4, -0.2) is 87.6 Å². The summed E-state index contributed by atoms with van der Waals surface area (Å²) in [6.07, 6.45) is -0.278. The molecule has 96 valence electrons. The number of likely N-dealkylation sites (N-methyl/N-ethyl adjacent to an activating group) is 1. The Morgan fingerprint density at radius 2 is 2.06 bits per heavy atom. The Bertz CT molecular complexity index is 173. The summed E-state index contributed by atoms with van der Waals surface area (Å²) in [5.74, 6) is 0. The van der Waals surface area contributed by atoms with Gasteiger partial charge in [0.05, 0.1) is 19.3 Å². The topological polar surface area (TPSA) is 48.0 Å². The van der Waals surface area contributed by atoms with Gasteiger partial charge in [-0.05, 0) is 14.1 Å². The molecule has 0 aliphatic carbocycles. The molecule has 16 heavy (non-hydrogen) atoms. The first kappa shape index (κ1) is 13.9. The smallest absolute Gasteiger partial charge is 0.0791 e. The van der Waals surface area contributed by atoms with Gasteiger partial charge in [-0.3, -0.25) is 4.90 Å². The molecular formula is C11H25N3O2. The molecule has 5 heteroatoms. The molecule has 1 aliphatic heterocycles. The molecule has 0 radical (unpaired) electrons. The zero-order valence-electron chi connectivity index (χ0n) is 10.5. The van der Waals surface area contributed by atoms with Crippen LogP contribution in [0.4, 0.5) is 0 Å². The average molecular weight is 231 g/mol. The van der Waals surface area contributed by atoms with Crippen LogP contribution in [0.25, 0.3) is 0 Å². The Hall–Kier alpha value is -0.200. The first-order valence-electron chi connectivity index (χ1n) is 6.02. The van der Waals surface area contributed by atoms with Gasteiger partial charge in [-0.1, -0.05) is 0 Å². The van der Waals surface area contributed by atoms with Gasteiger partial charge in [0.15, 0.2) is 0 Å². The maximum atomic E-state index is 9.81. The van der Waals surface area contributed by atoms with Crippen LogP contribution in [-0.2, 0) is 4.74 Å². The summed E-state index contributed by atoms with van der Waals surface area (Å²) in [4.78, 5) is 4.38. The van der Waals surface area contributed by atoms with E-state index in [1.54, 1.807) is 0 Å². The number of nitrogens with zero attached hydrogens (tertiary/aromatic N) is 2. The number of morpholine rings is 1. The highest BCUT2D eigenvalue weighted by Crippen LogP contribution is 1.97. The van der Waals surface area contributed by atoms with E-state index in [2.05, 4.69) is 15.1 Å². The van der Waals surface area contributed by atoms with Crippen LogP contribution in [0.1, 0.15) is 0 Å². The van der Waals surface area contributed by atoms with E-state index in [1.165, 1.54) is 0 Å². The average Bonchev–Trinajstić information content (AvgIpc) is 2.25. The van der Waals surface area contributed by atoms with Gasteiger partial charge < -0.3 is 20.1 Å². The van der Waals surface area contributed by atoms with E-state index >= 15 is 0 Å². The lowest BCUT2D eigenvalue weighted by Crippen LogP contribution is -2.44. The second-order valence-electron chi connectivity index (χ2n) is 4.57. The van der Waals surface area contributed by atoms with Crippen molar-refractivity contribution < 1.29 is 9.84 Å². The lowest BCUT2D eigenvalue weighted by molar-refractivity contribution is 0.0149. The van der Waals surface area contributed by atoms with Gasteiger partial charge in [0.2, 0.25) is 0 Å². The number of aliphatic hydroxyl groups excluding tert-OH is 1. The zero-order valence-corrected chi connectivity index (χ0v) is 10.5. The summed E-state index contributed by atoms with van der Waals surface area (Å²) in [6, 6.07) is 0. The van der Waals surface area contributed by atoms with Crippen molar-refractivity contribution in [2.45, 2.75) is 6.10 Å². The molecule has 5 nitrogen and oxygen atoms in total. The fraction of sp³-hybridized carbons (Fsp3) is 1.00. The van der Waals surface area contributed by atoms with Crippen LogP contribution in [0.2, 0.25) is 0 Å². The highest BCUT2D eigenvalue weighted by atomic mass is 16.5. The fourth-order valence-electron chi connectivity index (χ4n) is 1.72. The van der Waals surface area contributed by atoms with Crippen LogP contribution < -0.4 is 5.32 Å². The van der Waals surface area contributed by atoms with E-state index in [0.717, 1.165) is 45.9 Å². The van der Waals surface area contributed by atoms with Crippen LogP contribution in [0.15, 0.2) is 0 Å². The van der Waals surface area contributed by atoms with Gasteiger partial charge in [0.1, 0.15) is 0 Å². The lowest BCUT2D eigenvalue weighted by Gasteiger charge is -2.28. The molecule has 0 aromatic carbocycles. The maximum Gasteiger partial charge on any atom is 0.0791 e. The molecular weight excluding hydrogens is 206 g/mol. The molecule has 0 aromatic heterocycles. The van der Waals surface area contributed by atoms with Gasteiger partial charge in [-0.15, -0.1) is 0 Å². The van der Waals surface area contributed by atoms with Gasteiger partial charge in [0.25, 0.3) is 0 Å². The molecule has 1 unspecified atom stereocenters. The van der Waals surface area contributed by atoms with E-state index in [9.17, 15) is 5.11 Å². The largest absolute Gasteiger partial charge is 0.390 e. The maximum absolute atomic E-state index is 9.81. The number of hydrogen-bond acceptors (Lipinski definition) is 5. The van der Waals surface area contributed by atoms with Crippen molar-refractivity contribution in [1.82, 2.24) is 15.1 Å². The van der Waals surface area contributed by atoms with Crippen LogP contribution in [0.3, 0.4) is 0 Å². The van der Waals surface area contributed by atoms with Crippen molar-refractivity contribution in [2.24, 2.45) is 0 Å². The molecule has 1 saturated heterocycles. The van der Waals surface area contributed by atoms with Crippen molar-refractivity contribution >= 4 is 0 Å². The Labute approximate surface area is 98.4 Å². The molecule has 1 fully saturated rings. The van der Waals surface area contributed by atoms with E-state index in [0.29, 0.717) is 6.54 Å². The highest BCUT2D eigenvalue weighted by Gasteiger charge is 2.14. The minimum Gasteiger partial charge on any atom is -0.390 e. The molecule has 0 saturated carbocycles. The van der Waals surface area contributed by atoms with Crippen LogP contribution in [0.5, 0.6) is 0 Å². The normalized spacial score (nSPS) is 20.2. The van der Waals surface area contributed by atoms with Crippen molar-refractivity contribution in [3.63, 3.8) is 0 Å². The minimum absolute atomic E-state index is 0.278.